The van der Waals surface area contributed by atoms with Crippen molar-refractivity contribution in [3.8, 4) is 33.4 Å². The van der Waals surface area contributed by atoms with E-state index in [9.17, 15) is 0 Å². The maximum Gasteiger partial charge on any atom is 0.0714 e. The number of nitrogens with zero attached hydrogens (tertiary/aromatic N) is 1. The minimum Gasteiger partial charge on any atom is -0.310 e. The number of benzene rings is 10. The summed E-state index contributed by atoms with van der Waals surface area (Å²) in [6.45, 7) is 2.27. The number of anilines is 3. The third-order valence-electron chi connectivity index (χ3n) is 13.9. The molecular weight excluding hydrogens is 771 g/mol. The number of rotatable bonds is 8. The summed E-state index contributed by atoms with van der Waals surface area (Å²) in [5.41, 5.74) is 21.2. The highest BCUT2D eigenvalue weighted by Crippen LogP contribution is 2.61. The topological polar surface area (TPSA) is 3.24 Å². The number of hydrogen-bond acceptors (Lipinski definition) is 1. The molecule has 0 aromatic heterocycles. The number of aryl methyl sites for hydroxylation is 1. The van der Waals surface area contributed by atoms with Crippen molar-refractivity contribution < 1.29 is 0 Å². The third-order valence-corrected chi connectivity index (χ3v) is 13.9. The van der Waals surface area contributed by atoms with Crippen LogP contribution < -0.4 is 4.90 Å². The monoisotopic (exact) mass is 815 g/mol. The summed E-state index contributed by atoms with van der Waals surface area (Å²) in [7, 11) is 0. The van der Waals surface area contributed by atoms with Gasteiger partial charge in [-0.25, -0.2) is 0 Å². The molecule has 0 unspecified atom stereocenters. The van der Waals surface area contributed by atoms with Crippen LogP contribution in [0.15, 0.2) is 255 Å². The summed E-state index contributed by atoms with van der Waals surface area (Å²) in [6.07, 6.45) is 0. The standard InChI is InChI=1S/C63H45N/c1-44-42-46(45-22-7-2-8-23-45)38-41-59(44)64(51-39-40-53-52-32-17-19-34-55(52)63(58(53)43-51,49-28-13-5-14-29-49)50-30-15-6-16-31-50)60-37-21-36-57-61(60)54-33-18-20-35-56(54)62(57,47-24-9-3-10-25-47)48-26-11-4-12-27-48/h2-43H,1H3. The molecule has 0 aliphatic heterocycles. The van der Waals surface area contributed by atoms with Gasteiger partial charge in [-0.05, 0) is 115 Å². The predicted molar refractivity (Wildman–Crippen MR) is 266 cm³/mol. The Kier molecular flexibility index (Phi) is 8.91. The SMILES string of the molecule is Cc1cc(-c2ccccc2)ccc1N(c1ccc2c(c1)C(c1ccccc1)(c1ccccc1)c1ccccc1-2)c1cccc2c1-c1ccccc1C2(c1ccccc1)c1ccccc1. The fourth-order valence-corrected chi connectivity index (χ4v) is 11.4. The molecule has 0 bridgehead atoms. The lowest BCUT2D eigenvalue weighted by Gasteiger charge is -2.36. The molecule has 0 N–H and O–H groups in total. The molecule has 2 aliphatic carbocycles. The zero-order valence-electron chi connectivity index (χ0n) is 35.7. The highest BCUT2D eigenvalue weighted by molar-refractivity contribution is 5.99. The normalized spacial score (nSPS) is 13.6. The van der Waals surface area contributed by atoms with E-state index in [1.165, 1.54) is 83.5 Å². The quantitative estimate of drug-likeness (QED) is 0.148. The first-order valence-corrected chi connectivity index (χ1v) is 22.3. The van der Waals surface area contributed by atoms with E-state index in [1.807, 2.05) is 0 Å². The van der Waals surface area contributed by atoms with Crippen LogP contribution in [-0.2, 0) is 10.8 Å². The minimum atomic E-state index is -0.538. The highest BCUT2D eigenvalue weighted by Gasteiger charge is 2.49. The van der Waals surface area contributed by atoms with Gasteiger partial charge >= 0.3 is 0 Å². The molecule has 0 spiro atoms. The Labute approximate surface area is 376 Å². The van der Waals surface area contributed by atoms with Gasteiger partial charge < -0.3 is 4.90 Å². The fourth-order valence-electron chi connectivity index (χ4n) is 11.4. The van der Waals surface area contributed by atoms with E-state index < -0.39 is 10.8 Å². The second-order valence-corrected chi connectivity index (χ2v) is 17.2. The molecule has 1 heteroatoms. The Morgan fingerprint density at radius 2 is 0.750 bits per heavy atom. The van der Waals surface area contributed by atoms with E-state index in [1.54, 1.807) is 0 Å². The first kappa shape index (κ1) is 37.7. The Morgan fingerprint density at radius 3 is 1.31 bits per heavy atom. The Hall–Kier alpha value is -8.00. The molecule has 0 atom stereocenters. The fraction of sp³-hybridized carbons (Fsp3) is 0.0476. The summed E-state index contributed by atoms with van der Waals surface area (Å²) in [5.74, 6) is 0. The van der Waals surface area contributed by atoms with Crippen molar-refractivity contribution in [3.63, 3.8) is 0 Å². The Bertz CT molecular complexity index is 3240. The van der Waals surface area contributed by atoms with Gasteiger partial charge in [0.1, 0.15) is 0 Å². The summed E-state index contributed by atoms with van der Waals surface area (Å²) >= 11 is 0. The smallest absolute Gasteiger partial charge is 0.0714 e. The van der Waals surface area contributed by atoms with E-state index in [0.29, 0.717) is 0 Å². The van der Waals surface area contributed by atoms with E-state index in [4.69, 9.17) is 0 Å². The first-order chi connectivity index (χ1) is 31.7. The van der Waals surface area contributed by atoms with Crippen LogP contribution in [0.3, 0.4) is 0 Å². The lowest BCUT2D eigenvalue weighted by Crippen LogP contribution is -2.29. The second kappa shape index (κ2) is 15.1. The molecule has 12 rings (SSSR count). The zero-order chi connectivity index (χ0) is 42.7. The van der Waals surface area contributed by atoms with Gasteiger partial charge in [0.2, 0.25) is 0 Å². The van der Waals surface area contributed by atoms with Gasteiger partial charge in [0.15, 0.2) is 0 Å². The average Bonchev–Trinajstić information content (AvgIpc) is 3.85. The lowest BCUT2D eigenvalue weighted by molar-refractivity contribution is 0.768. The predicted octanol–water partition coefficient (Wildman–Crippen LogP) is 15.9. The molecule has 1 nitrogen and oxygen atoms in total. The molecule has 0 amide bonds. The van der Waals surface area contributed by atoms with E-state index in [0.717, 1.165) is 17.1 Å². The molecule has 0 saturated heterocycles. The van der Waals surface area contributed by atoms with Gasteiger partial charge in [0.05, 0.1) is 16.5 Å². The summed E-state index contributed by atoms with van der Waals surface area (Å²) < 4.78 is 0. The van der Waals surface area contributed by atoms with E-state index >= 15 is 0 Å². The molecule has 0 saturated carbocycles. The second-order valence-electron chi connectivity index (χ2n) is 17.2. The van der Waals surface area contributed by atoms with Crippen molar-refractivity contribution in [1.29, 1.82) is 0 Å². The first-order valence-electron chi connectivity index (χ1n) is 22.3. The van der Waals surface area contributed by atoms with Crippen LogP contribution >= 0.6 is 0 Å². The van der Waals surface area contributed by atoms with E-state index in [-0.39, 0.29) is 0 Å². The molecule has 0 heterocycles. The van der Waals surface area contributed by atoms with E-state index in [2.05, 4.69) is 267 Å². The lowest BCUT2D eigenvalue weighted by atomic mass is 9.67. The number of hydrogen-bond donors (Lipinski definition) is 0. The van der Waals surface area contributed by atoms with Crippen LogP contribution in [-0.4, -0.2) is 0 Å². The Morgan fingerprint density at radius 1 is 0.297 bits per heavy atom. The van der Waals surface area contributed by atoms with Crippen molar-refractivity contribution in [3.05, 3.63) is 305 Å². The van der Waals surface area contributed by atoms with Crippen LogP contribution in [0.4, 0.5) is 17.1 Å². The molecule has 302 valence electrons. The van der Waals surface area contributed by atoms with Crippen LogP contribution in [0.2, 0.25) is 0 Å². The maximum absolute atomic E-state index is 2.55. The summed E-state index contributed by atoms with van der Waals surface area (Å²) in [5, 5.41) is 0. The molecule has 0 fully saturated rings. The van der Waals surface area contributed by atoms with Gasteiger partial charge in [-0.2, -0.15) is 0 Å². The molecule has 2 aliphatic rings. The molecule has 10 aromatic carbocycles. The third kappa shape index (κ3) is 5.50. The molecule has 10 aromatic rings. The van der Waals surface area contributed by atoms with Crippen molar-refractivity contribution in [1.82, 2.24) is 0 Å². The Balaban J connectivity index is 1.17. The summed E-state index contributed by atoms with van der Waals surface area (Å²) in [4.78, 5) is 2.55. The van der Waals surface area contributed by atoms with Gasteiger partial charge in [0, 0.05) is 16.9 Å². The van der Waals surface area contributed by atoms with Crippen molar-refractivity contribution >= 4 is 17.1 Å². The van der Waals surface area contributed by atoms with Crippen LogP contribution in [0.5, 0.6) is 0 Å². The highest BCUT2D eigenvalue weighted by atomic mass is 15.1. The van der Waals surface area contributed by atoms with Crippen LogP contribution in [0.25, 0.3) is 33.4 Å². The van der Waals surface area contributed by atoms with Crippen molar-refractivity contribution in [2.24, 2.45) is 0 Å². The van der Waals surface area contributed by atoms with Crippen molar-refractivity contribution in [2.45, 2.75) is 17.8 Å². The summed E-state index contributed by atoms with van der Waals surface area (Å²) in [6, 6.07) is 94.5. The largest absolute Gasteiger partial charge is 0.310 e. The van der Waals surface area contributed by atoms with Crippen LogP contribution in [0.1, 0.15) is 50.1 Å². The molecule has 0 radical (unpaired) electrons. The minimum absolute atomic E-state index is 0.530. The van der Waals surface area contributed by atoms with Crippen LogP contribution in [0, 0.1) is 6.92 Å². The molecular formula is C63H45N. The van der Waals surface area contributed by atoms with Gasteiger partial charge in [-0.3, -0.25) is 0 Å². The number of fused-ring (bicyclic) bond motifs is 6. The van der Waals surface area contributed by atoms with Gasteiger partial charge in [-0.15, -0.1) is 0 Å². The zero-order valence-corrected chi connectivity index (χ0v) is 35.7. The van der Waals surface area contributed by atoms with Crippen molar-refractivity contribution in [2.75, 3.05) is 4.90 Å². The van der Waals surface area contributed by atoms with Gasteiger partial charge in [0.25, 0.3) is 0 Å². The van der Waals surface area contributed by atoms with Gasteiger partial charge in [-0.1, -0.05) is 224 Å². The average molecular weight is 816 g/mol. The maximum atomic E-state index is 2.55. The molecule has 64 heavy (non-hydrogen) atoms.